The largest absolute Gasteiger partial charge is 0.457 e. The lowest BCUT2D eigenvalue weighted by atomic mass is 10.0. The molecule has 0 saturated carbocycles. The highest BCUT2D eigenvalue weighted by molar-refractivity contribution is 5.69. The van der Waals surface area contributed by atoms with Crippen molar-refractivity contribution in [3.8, 4) is 0 Å². The second-order valence-corrected chi connectivity index (χ2v) is 8.37. The highest BCUT2D eigenvalue weighted by Crippen LogP contribution is 2.14. The molecule has 0 aromatic heterocycles. The van der Waals surface area contributed by atoms with Gasteiger partial charge in [-0.3, -0.25) is 4.79 Å². The van der Waals surface area contributed by atoms with Gasteiger partial charge in [-0.25, -0.2) is 0 Å². The third kappa shape index (κ3) is 20.6. The van der Waals surface area contributed by atoms with E-state index in [0.717, 1.165) is 19.3 Å². The molecule has 0 fully saturated rings. The summed E-state index contributed by atoms with van der Waals surface area (Å²) in [7, 11) is 0. The van der Waals surface area contributed by atoms with E-state index in [-0.39, 0.29) is 32.4 Å². The number of aliphatic hydroxyl groups excluding tert-OH is 3. The van der Waals surface area contributed by atoms with Gasteiger partial charge in [0.15, 0.2) is 0 Å². The molecular formula is C24H48O6. The maximum atomic E-state index is 11.8. The van der Waals surface area contributed by atoms with E-state index in [1.165, 1.54) is 77.0 Å². The van der Waals surface area contributed by atoms with Gasteiger partial charge in [-0.15, -0.1) is 0 Å². The standard InChI is InChI=1S/C24H48O6/c1-2-3-4-5-6-7-8-9-10-11-12-13-14-15-16-17-24(28)30-23(19-26)21-29-20-22(27)18-25/h22-23,25-27H,2-21H2,1H3. The molecule has 0 spiro atoms. The van der Waals surface area contributed by atoms with E-state index in [1.54, 1.807) is 0 Å². The van der Waals surface area contributed by atoms with Gasteiger partial charge in [0.25, 0.3) is 0 Å². The van der Waals surface area contributed by atoms with Gasteiger partial charge in [-0.05, 0) is 6.42 Å². The molecule has 0 aromatic carbocycles. The number of hydrogen-bond acceptors (Lipinski definition) is 6. The van der Waals surface area contributed by atoms with E-state index in [4.69, 9.17) is 14.6 Å². The Labute approximate surface area is 184 Å². The molecule has 0 radical (unpaired) electrons. The Bertz CT molecular complexity index is 364. The summed E-state index contributed by atoms with van der Waals surface area (Å²) in [4.78, 5) is 11.8. The lowest BCUT2D eigenvalue weighted by Crippen LogP contribution is -2.29. The van der Waals surface area contributed by atoms with Crippen molar-refractivity contribution in [3.05, 3.63) is 0 Å². The maximum Gasteiger partial charge on any atom is 0.306 e. The first-order chi connectivity index (χ1) is 14.6. The van der Waals surface area contributed by atoms with Gasteiger partial charge < -0.3 is 24.8 Å². The van der Waals surface area contributed by atoms with Crippen LogP contribution in [0.3, 0.4) is 0 Å². The summed E-state index contributed by atoms with van der Waals surface area (Å²) in [5.41, 5.74) is 0. The van der Waals surface area contributed by atoms with Gasteiger partial charge in [0, 0.05) is 6.42 Å². The average Bonchev–Trinajstić information content (AvgIpc) is 2.75. The summed E-state index contributed by atoms with van der Waals surface area (Å²) in [5, 5.41) is 27.1. The molecule has 0 aliphatic heterocycles. The zero-order valence-corrected chi connectivity index (χ0v) is 19.4. The molecule has 0 rings (SSSR count). The molecule has 0 aliphatic rings. The van der Waals surface area contributed by atoms with E-state index in [2.05, 4.69) is 6.92 Å². The van der Waals surface area contributed by atoms with Crippen LogP contribution in [0.4, 0.5) is 0 Å². The molecule has 2 atom stereocenters. The van der Waals surface area contributed by atoms with Crippen molar-refractivity contribution in [3.63, 3.8) is 0 Å². The fourth-order valence-electron chi connectivity index (χ4n) is 3.40. The van der Waals surface area contributed by atoms with E-state index in [0.29, 0.717) is 6.42 Å². The molecule has 0 amide bonds. The van der Waals surface area contributed by atoms with Crippen LogP contribution >= 0.6 is 0 Å². The van der Waals surface area contributed by atoms with Crippen LogP contribution in [0.5, 0.6) is 0 Å². The first-order valence-electron chi connectivity index (χ1n) is 12.3. The van der Waals surface area contributed by atoms with Gasteiger partial charge in [-0.2, -0.15) is 0 Å². The number of aliphatic hydroxyl groups is 3. The van der Waals surface area contributed by atoms with Gasteiger partial charge in [0.1, 0.15) is 12.2 Å². The first kappa shape index (κ1) is 29.3. The number of ether oxygens (including phenoxy) is 2. The molecule has 0 saturated heterocycles. The quantitative estimate of drug-likeness (QED) is 0.162. The van der Waals surface area contributed by atoms with Gasteiger partial charge in [-0.1, -0.05) is 96.8 Å². The third-order valence-corrected chi connectivity index (χ3v) is 5.31. The van der Waals surface area contributed by atoms with Crippen LogP contribution in [0.2, 0.25) is 0 Å². The zero-order chi connectivity index (χ0) is 22.3. The Morgan fingerprint density at radius 1 is 0.700 bits per heavy atom. The predicted molar refractivity (Wildman–Crippen MR) is 120 cm³/mol. The van der Waals surface area contributed by atoms with Crippen LogP contribution in [0.25, 0.3) is 0 Å². The van der Waals surface area contributed by atoms with Crippen LogP contribution in [0.1, 0.15) is 110 Å². The van der Waals surface area contributed by atoms with Crippen LogP contribution in [-0.2, 0) is 14.3 Å². The fraction of sp³-hybridized carbons (Fsp3) is 0.958. The lowest BCUT2D eigenvalue weighted by Gasteiger charge is -2.16. The van der Waals surface area contributed by atoms with E-state index < -0.39 is 12.2 Å². The van der Waals surface area contributed by atoms with Crippen molar-refractivity contribution >= 4 is 5.97 Å². The summed E-state index contributed by atoms with van der Waals surface area (Å²) in [6, 6.07) is 0. The van der Waals surface area contributed by atoms with Crippen LogP contribution in [0.15, 0.2) is 0 Å². The molecule has 6 heteroatoms. The van der Waals surface area contributed by atoms with Crippen LogP contribution < -0.4 is 0 Å². The maximum absolute atomic E-state index is 11.8. The molecular weight excluding hydrogens is 384 g/mol. The minimum Gasteiger partial charge on any atom is -0.457 e. The Morgan fingerprint density at radius 2 is 1.17 bits per heavy atom. The summed E-state index contributed by atoms with van der Waals surface area (Å²) < 4.78 is 10.3. The number of unbranched alkanes of at least 4 members (excludes halogenated alkanes) is 14. The second-order valence-electron chi connectivity index (χ2n) is 8.37. The SMILES string of the molecule is CCCCCCCCCCCCCCCCCC(=O)OC(CO)COCC(O)CO. The Morgan fingerprint density at radius 3 is 1.60 bits per heavy atom. The van der Waals surface area contributed by atoms with Crippen molar-refractivity contribution in [2.75, 3.05) is 26.4 Å². The third-order valence-electron chi connectivity index (χ3n) is 5.31. The average molecular weight is 433 g/mol. The summed E-state index contributed by atoms with van der Waals surface area (Å²) >= 11 is 0. The number of hydrogen-bond donors (Lipinski definition) is 3. The molecule has 0 bridgehead atoms. The minimum absolute atomic E-state index is 0.0121. The zero-order valence-electron chi connectivity index (χ0n) is 19.4. The topological polar surface area (TPSA) is 96.2 Å². The first-order valence-corrected chi connectivity index (χ1v) is 12.3. The normalized spacial score (nSPS) is 13.3. The number of rotatable bonds is 23. The molecule has 0 aromatic rings. The summed E-state index contributed by atoms with van der Waals surface area (Å²) in [5.74, 6) is -0.324. The van der Waals surface area contributed by atoms with Gasteiger partial charge in [0.2, 0.25) is 0 Å². The smallest absolute Gasteiger partial charge is 0.306 e. The predicted octanol–water partition coefficient (Wildman–Crippen LogP) is 4.52. The molecule has 30 heavy (non-hydrogen) atoms. The number of carbonyl (C=O) groups is 1. The summed E-state index contributed by atoms with van der Waals surface area (Å²) in [6.07, 6.45) is 17.9. The fourth-order valence-corrected chi connectivity index (χ4v) is 3.40. The number of esters is 1. The lowest BCUT2D eigenvalue weighted by molar-refractivity contribution is -0.155. The molecule has 2 unspecified atom stereocenters. The summed E-state index contributed by atoms with van der Waals surface area (Å²) in [6.45, 7) is 1.51. The van der Waals surface area contributed by atoms with Gasteiger partial charge >= 0.3 is 5.97 Å². The van der Waals surface area contributed by atoms with E-state index >= 15 is 0 Å². The van der Waals surface area contributed by atoms with Crippen molar-refractivity contribution < 1.29 is 29.6 Å². The van der Waals surface area contributed by atoms with Crippen molar-refractivity contribution in [2.24, 2.45) is 0 Å². The Balaban J connectivity index is 3.39. The minimum atomic E-state index is -0.958. The molecule has 0 aliphatic carbocycles. The van der Waals surface area contributed by atoms with Crippen LogP contribution in [-0.4, -0.2) is 59.9 Å². The van der Waals surface area contributed by atoms with E-state index in [1.807, 2.05) is 0 Å². The highest BCUT2D eigenvalue weighted by atomic mass is 16.6. The Hall–Kier alpha value is -0.690. The van der Waals surface area contributed by atoms with Crippen molar-refractivity contribution in [2.45, 2.75) is 122 Å². The van der Waals surface area contributed by atoms with Crippen molar-refractivity contribution in [1.29, 1.82) is 0 Å². The number of carbonyl (C=O) groups excluding carboxylic acids is 1. The second kappa shape index (κ2) is 23.0. The van der Waals surface area contributed by atoms with E-state index in [9.17, 15) is 15.0 Å². The monoisotopic (exact) mass is 432 g/mol. The molecule has 180 valence electrons. The Kier molecular flexibility index (Phi) is 22.5. The molecule has 3 N–H and O–H groups in total. The molecule has 6 nitrogen and oxygen atoms in total. The van der Waals surface area contributed by atoms with Gasteiger partial charge in [0.05, 0.1) is 26.4 Å². The van der Waals surface area contributed by atoms with Crippen LogP contribution in [0, 0.1) is 0 Å². The van der Waals surface area contributed by atoms with Crippen molar-refractivity contribution in [1.82, 2.24) is 0 Å². The molecule has 0 heterocycles. The highest BCUT2D eigenvalue weighted by Gasteiger charge is 2.14.